The molecule has 0 aliphatic rings. The summed E-state index contributed by atoms with van der Waals surface area (Å²) in [4.78, 5) is 20.5. The molecule has 0 atom stereocenters. The van der Waals surface area contributed by atoms with Crippen LogP contribution in [0.2, 0.25) is 0 Å². The first-order valence-electron chi connectivity index (χ1n) is 7.37. The first kappa shape index (κ1) is 15.6. The first-order chi connectivity index (χ1) is 10.2. The largest absolute Gasteiger partial charge is 0.355 e. The van der Waals surface area contributed by atoms with Crippen LogP contribution in [0.3, 0.4) is 0 Å². The van der Waals surface area contributed by atoms with E-state index in [4.69, 9.17) is 0 Å². The quantitative estimate of drug-likeness (QED) is 0.854. The minimum absolute atomic E-state index is 0.133. The number of rotatable bonds is 7. The molecule has 0 spiro atoms. The lowest BCUT2D eigenvalue weighted by atomic mass is 10.0. The summed E-state index contributed by atoms with van der Waals surface area (Å²) >= 11 is 1.63. The molecule has 0 aliphatic heterocycles. The second-order valence-electron chi connectivity index (χ2n) is 4.92. The van der Waals surface area contributed by atoms with Crippen molar-refractivity contribution in [3.63, 3.8) is 0 Å². The lowest BCUT2D eigenvalue weighted by molar-refractivity contribution is -0.125. The number of pyridine rings is 1. The summed E-state index contributed by atoms with van der Waals surface area (Å²) in [7, 11) is 0. The number of nitrogens with zero attached hydrogens (tertiary/aromatic N) is 2. The molecule has 0 fully saturated rings. The molecule has 0 bridgehead atoms. The van der Waals surface area contributed by atoms with E-state index < -0.39 is 0 Å². The second kappa shape index (κ2) is 7.88. The maximum Gasteiger partial charge on any atom is 0.223 e. The van der Waals surface area contributed by atoms with Gasteiger partial charge in [-0.25, -0.2) is 4.98 Å². The van der Waals surface area contributed by atoms with E-state index in [-0.39, 0.29) is 11.8 Å². The molecule has 4 nitrogen and oxygen atoms in total. The van der Waals surface area contributed by atoms with Gasteiger partial charge in [-0.05, 0) is 25.0 Å². The van der Waals surface area contributed by atoms with Gasteiger partial charge >= 0.3 is 0 Å². The lowest BCUT2D eigenvalue weighted by Gasteiger charge is -2.11. The second-order valence-corrected chi connectivity index (χ2v) is 5.86. The molecule has 2 rings (SSSR count). The van der Waals surface area contributed by atoms with Gasteiger partial charge in [-0.1, -0.05) is 13.8 Å². The van der Waals surface area contributed by atoms with Gasteiger partial charge in [0, 0.05) is 42.2 Å². The van der Waals surface area contributed by atoms with Crippen molar-refractivity contribution in [2.75, 3.05) is 6.54 Å². The number of hydrogen-bond donors (Lipinski definition) is 1. The summed E-state index contributed by atoms with van der Waals surface area (Å²) < 4.78 is 0. The van der Waals surface area contributed by atoms with Crippen LogP contribution in [0.5, 0.6) is 0 Å². The maximum absolute atomic E-state index is 11.9. The number of hydrogen-bond acceptors (Lipinski definition) is 4. The highest BCUT2D eigenvalue weighted by Gasteiger charge is 2.13. The molecule has 5 heteroatoms. The molecule has 0 unspecified atom stereocenters. The Hall–Kier alpha value is -1.75. The molecule has 0 aliphatic carbocycles. The van der Waals surface area contributed by atoms with Crippen molar-refractivity contribution in [3.8, 4) is 11.3 Å². The maximum atomic E-state index is 11.9. The Morgan fingerprint density at radius 1 is 1.29 bits per heavy atom. The summed E-state index contributed by atoms with van der Waals surface area (Å²) in [5.74, 6) is 0.291. The third-order valence-corrected chi connectivity index (χ3v) is 4.43. The zero-order valence-corrected chi connectivity index (χ0v) is 13.3. The number of amides is 1. The summed E-state index contributed by atoms with van der Waals surface area (Å²) in [6, 6.07) is 3.90. The monoisotopic (exact) mass is 303 g/mol. The van der Waals surface area contributed by atoms with Crippen LogP contribution in [0.15, 0.2) is 29.9 Å². The van der Waals surface area contributed by atoms with Gasteiger partial charge in [-0.2, -0.15) is 0 Å². The van der Waals surface area contributed by atoms with E-state index in [1.807, 2.05) is 17.5 Å². The van der Waals surface area contributed by atoms with Crippen LogP contribution < -0.4 is 5.32 Å². The molecule has 112 valence electrons. The van der Waals surface area contributed by atoms with Crippen molar-refractivity contribution in [3.05, 3.63) is 34.9 Å². The third kappa shape index (κ3) is 4.36. The van der Waals surface area contributed by atoms with Gasteiger partial charge in [0.15, 0.2) is 0 Å². The average molecular weight is 303 g/mol. The highest BCUT2D eigenvalue weighted by molar-refractivity contribution is 7.09. The predicted octanol–water partition coefficient (Wildman–Crippen LogP) is 3.30. The van der Waals surface area contributed by atoms with Crippen molar-refractivity contribution in [2.45, 2.75) is 33.1 Å². The number of carbonyl (C=O) groups excluding carboxylic acids is 1. The molecule has 2 aromatic heterocycles. The van der Waals surface area contributed by atoms with Crippen LogP contribution in [0.4, 0.5) is 0 Å². The Labute approximate surface area is 129 Å². The normalized spacial score (nSPS) is 10.8. The van der Waals surface area contributed by atoms with E-state index in [1.54, 1.807) is 23.7 Å². The van der Waals surface area contributed by atoms with Gasteiger partial charge in [-0.3, -0.25) is 9.78 Å². The number of aromatic nitrogens is 2. The molecule has 0 saturated carbocycles. The Morgan fingerprint density at radius 2 is 2.00 bits per heavy atom. The Bertz CT molecular complexity index is 564. The van der Waals surface area contributed by atoms with Gasteiger partial charge in [0.1, 0.15) is 0 Å². The average Bonchev–Trinajstić information content (AvgIpc) is 2.98. The van der Waals surface area contributed by atoms with Crippen LogP contribution in [-0.4, -0.2) is 22.4 Å². The molecule has 0 aromatic carbocycles. The minimum atomic E-state index is 0.133. The van der Waals surface area contributed by atoms with Crippen LogP contribution >= 0.6 is 11.3 Å². The van der Waals surface area contributed by atoms with Crippen molar-refractivity contribution in [2.24, 2.45) is 5.92 Å². The summed E-state index contributed by atoms with van der Waals surface area (Å²) in [6.07, 6.45) is 6.10. The van der Waals surface area contributed by atoms with Gasteiger partial charge < -0.3 is 5.32 Å². The Morgan fingerprint density at radius 3 is 2.67 bits per heavy atom. The molecule has 1 amide bonds. The number of thiazole rings is 1. The molecule has 2 heterocycles. The summed E-state index contributed by atoms with van der Waals surface area (Å²) in [6.45, 7) is 4.75. The molecule has 1 N–H and O–H groups in total. The highest BCUT2D eigenvalue weighted by atomic mass is 32.1. The van der Waals surface area contributed by atoms with Gasteiger partial charge in [0.25, 0.3) is 0 Å². The first-order valence-corrected chi connectivity index (χ1v) is 8.25. The molecule has 21 heavy (non-hydrogen) atoms. The van der Waals surface area contributed by atoms with E-state index in [0.29, 0.717) is 6.54 Å². The van der Waals surface area contributed by atoms with Crippen LogP contribution in [0.25, 0.3) is 11.3 Å². The van der Waals surface area contributed by atoms with Crippen LogP contribution in [0, 0.1) is 5.92 Å². The Balaban J connectivity index is 1.85. The molecule has 0 radical (unpaired) electrons. The molecular weight excluding hydrogens is 282 g/mol. The van der Waals surface area contributed by atoms with E-state index >= 15 is 0 Å². The van der Waals surface area contributed by atoms with E-state index in [2.05, 4.69) is 29.1 Å². The topological polar surface area (TPSA) is 54.9 Å². The standard InChI is InChI=1S/C16H21N3OS/c1-3-12(4-2)16(20)18-10-7-15-19-14(11-21-15)13-5-8-17-9-6-13/h5-6,8-9,11-12H,3-4,7,10H2,1-2H3,(H,18,20). The van der Waals surface area contributed by atoms with E-state index in [1.165, 1.54) is 0 Å². The van der Waals surface area contributed by atoms with E-state index in [9.17, 15) is 4.79 Å². The molecule has 2 aromatic rings. The zero-order valence-electron chi connectivity index (χ0n) is 12.5. The SMILES string of the molecule is CCC(CC)C(=O)NCCc1nc(-c2ccncc2)cs1. The van der Waals surface area contributed by atoms with Crippen LogP contribution in [-0.2, 0) is 11.2 Å². The van der Waals surface area contributed by atoms with Crippen molar-refractivity contribution < 1.29 is 4.79 Å². The van der Waals surface area contributed by atoms with Gasteiger partial charge in [-0.15, -0.1) is 11.3 Å². The minimum Gasteiger partial charge on any atom is -0.355 e. The fourth-order valence-electron chi connectivity index (χ4n) is 2.18. The van der Waals surface area contributed by atoms with Crippen molar-refractivity contribution in [1.82, 2.24) is 15.3 Å². The predicted molar refractivity (Wildman–Crippen MR) is 86.1 cm³/mol. The van der Waals surface area contributed by atoms with Gasteiger partial charge in [0.05, 0.1) is 10.7 Å². The summed E-state index contributed by atoms with van der Waals surface area (Å²) in [5.41, 5.74) is 2.05. The van der Waals surface area contributed by atoms with Gasteiger partial charge in [0.2, 0.25) is 5.91 Å². The van der Waals surface area contributed by atoms with Crippen molar-refractivity contribution >= 4 is 17.2 Å². The number of nitrogens with one attached hydrogen (secondary N) is 1. The summed E-state index contributed by atoms with van der Waals surface area (Å²) in [5, 5.41) is 6.10. The number of carbonyl (C=O) groups is 1. The smallest absolute Gasteiger partial charge is 0.223 e. The fourth-order valence-corrected chi connectivity index (χ4v) is 2.98. The highest BCUT2D eigenvalue weighted by Crippen LogP contribution is 2.21. The molecular formula is C16H21N3OS. The fraction of sp³-hybridized carbons (Fsp3) is 0.438. The van der Waals surface area contributed by atoms with Crippen molar-refractivity contribution in [1.29, 1.82) is 0 Å². The van der Waals surface area contributed by atoms with Crippen LogP contribution in [0.1, 0.15) is 31.7 Å². The lowest BCUT2D eigenvalue weighted by Crippen LogP contribution is -2.31. The molecule has 0 saturated heterocycles. The third-order valence-electron chi connectivity index (χ3n) is 3.52. The van der Waals surface area contributed by atoms with E-state index in [0.717, 1.165) is 35.5 Å². The Kier molecular flexibility index (Phi) is 5.87. The zero-order chi connectivity index (χ0) is 15.1.